The smallest absolute Gasteiger partial charge is 0.243 e. The van der Waals surface area contributed by atoms with E-state index in [0.29, 0.717) is 12.1 Å². The van der Waals surface area contributed by atoms with Crippen LogP contribution in [0.25, 0.3) is 0 Å². The zero-order valence-corrected chi connectivity index (χ0v) is 10.7. The summed E-state index contributed by atoms with van der Waals surface area (Å²) in [4.78, 5) is -0.922. The molecule has 2 rings (SSSR count). The predicted molar refractivity (Wildman–Crippen MR) is 62.2 cm³/mol. The lowest BCUT2D eigenvalue weighted by molar-refractivity contribution is 0.431. The second-order valence-corrected chi connectivity index (χ2v) is 6.26. The van der Waals surface area contributed by atoms with Crippen molar-refractivity contribution in [2.45, 2.75) is 23.8 Å². The number of hydrogen-bond acceptors (Lipinski definition) is 3. The molecule has 1 aliphatic carbocycles. The third kappa shape index (κ3) is 3.07. The highest BCUT2D eigenvalue weighted by atomic mass is 32.2. The fourth-order valence-electron chi connectivity index (χ4n) is 1.69. The molecule has 1 aromatic rings. The van der Waals surface area contributed by atoms with E-state index in [-0.39, 0.29) is 18.5 Å². The fourth-order valence-corrected chi connectivity index (χ4v) is 2.83. The molecule has 4 nitrogen and oxygen atoms in total. The number of benzene rings is 1. The van der Waals surface area contributed by atoms with Gasteiger partial charge in [-0.25, -0.2) is 26.3 Å². The van der Waals surface area contributed by atoms with Gasteiger partial charge in [0.05, 0.1) is 0 Å². The normalized spacial score (nSPS) is 17.5. The standard InChI is InChI=1S/C11H13F3N2O2S/c12-7-3-4-9(11(14)10(7)13)19(17,18)16-5-8(15)6-1-2-6/h3-4,6,8,16H,1-2,5,15H2. The average molecular weight is 294 g/mol. The van der Waals surface area contributed by atoms with Crippen LogP contribution < -0.4 is 10.5 Å². The Balaban J connectivity index is 2.17. The van der Waals surface area contributed by atoms with Crippen LogP contribution in [0.2, 0.25) is 0 Å². The van der Waals surface area contributed by atoms with Crippen molar-refractivity contribution in [3.8, 4) is 0 Å². The Kier molecular flexibility index (Phi) is 3.84. The maximum absolute atomic E-state index is 13.4. The Morgan fingerprint density at radius 3 is 2.47 bits per heavy atom. The van der Waals surface area contributed by atoms with Crippen LogP contribution in [0, 0.1) is 23.4 Å². The molecule has 0 saturated heterocycles. The van der Waals surface area contributed by atoms with Crippen LogP contribution >= 0.6 is 0 Å². The monoisotopic (exact) mass is 294 g/mol. The minimum Gasteiger partial charge on any atom is -0.326 e. The summed E-state index contributed by atoms with van der Waals surface area (Å²) in [5, 5.41) is 0. The van der Waals surface area contributed by atoms with Crippen molar-refractivity contribution in [1.82, 2.24) is 4.72 Å². The number of halogens is 3. The molecule has 1 aromatic carbocycles. The first kappa shape index (κ1) is 14.3. The van der Waals surface area contributed by atoms with Gasteiger partial charge in [-0.05, 0) is 30.9 Å². The lowest BCUT2D eigenvalue weighted by atomic mass is 10.2. The SMILES string of the molecule is NC(CNS(=O)(=O)c1ccc(F)c(F)c1F)C1CC1. The molecule has 3 N–H and O–H groups in total. The molecule has 1 atom stereocenters. The summed E-state index contributed by atoms with van der Waals surface area (Å²) in [5.74, 6) is -4.72. The third-order valence-electron chi connectivity index (χ3n) is 3.03. The molecule has 106 valence electrons. The van der Waals surface area contributed by atoms with Crippen LogP contribution in [0.4, 0.5) is 13.2 Å². The van der Waals surface area contributed by atoms with Gasteiger partial charge in [0.1, 0.15) is 4.90 Å². The quantitative estimate of drug-likeness (QED) is 0.799. The molecular formula is C11H13F3N2O2S. The molecule has 0 amide bonds. The van der Waals surface area contributed by atoms with E-state index in [4.69, 9.17) is 5.73 Å². The second-order valence-electron chi connectivity index (χ2n) is 4.53. The minimum atomic E-state index is -4.24. The summed E-state index contributed by atoms with van der Waals surface area (Å²) in [5.41, 5.74) is 5.70. The Labute approximate surface area is 108 Å². The van der Waals surface area contributed by atoms with Gasteiger partial charge in [-0.2, -0.15) is 0 Å². The average Bonchev–Trinajstić information content (AvgIpc) is 3.17. The van der Waals surface area contributed by atoms with Crippen molar-refractivity contribution in [2.75, 3.05) is 6.54 Å². The minimum absolute atomic E-state index is 0.0641. The van der Waals surface area contributed by atoms with Gasteiger partial charge >= 0.3 is 0 Å². The maximum Gasteiger partial charge on any atom is 0.243 e. The van der Waals surface area contributed by atoms with Gasteiger partial charge in [-0.15, -0.1) is 0 Å². The van der Waals surface area contributed by atoms with E-state index >= 15 is 0 Å². The van der Waals surface area contributed by atoms with E-state index in [1.807, 2.05) is 0 Å². The van der Waals surface area contributed by atoms with Crippen LogP contribution in [-0.2, 0) is 10.0 Å². The predicted octanol–water partition coefficient (Wildman–Crippen LogP) is 1.12. The molecule has 0 radical (unpaired) electrons. The van der Waals surface area contributed by atoms with Crippen molar-refractivity contribution in [2.24, 2.45) is 11.7 Å². The molecule has 1 aliphatic rings. The molecule has 0 spiro atoms. The summed E-state index contributed by atoms with van der Waals surface area (Å²) >= 11 is 0. The van der Waals surface area contributed by atoms with E-state index in [0.717, 1.165) is 12.8 Å². The summed E-state index contributed by atoms with van der Waals surface area (Å²) in [6.45, 7) is -0.0641. The van der Waals surface area contributed by atoms with Gasteiger partial charge in [0, 0.05) is 12.6 Å². The van der Waals surface area contributed by atoms with Gasteiger partial charge in [-0.1, -0.05) is 0 Å². The van der Waals surface area contributed by atoms with Crippen molar-refractivity contribution in [3.63, 3.8) is 0 Å². The molecule has 0 bridgehead atoms. The fraction of sp³-hybridized carbons (Fsp3) is 0.455. The van der Waals surface area contributed by atoms with Gasteiger partial charge in [0.15, 0.2) is 17.5 Å². The number of sulfonamides is 1. The molecule has 0 heterocycles. The summed E-state index contributed by atoms with van der Waals surface area (Å²) < 4.78 is 64.7. The number of hydrogen-bond donors (Lipinski definition) is 2. The largest absolute Gasteiger partial charge is 0.326 e. The highest BCUT2D eigenvalue weighted by molar-refractivity contribution is 7.89. The van der Waals surface area contributed by atoms with E-state index in [1.54, 1.807) is 0 Å². The number of rotatable bonds is 5. The van der Waals surface area contributed by atoms with Crippen LogP contribution in [0.15, 0.2) is 17.0 Å². The second kappa shape index (κ2) is 5.10. The van der Waals surface area contributed by atoms with Crippen LogP contribution in [0.5, 0.6) is 0 Å². The third-order valence-corrected chi connectivity index (χ3v) is 4.47. The van der Waals surface area contributed by atoms with Crippen molar-refractivity contribution in [1.29, 1.82) is 0 Å². The summed E-state index contributed by atoms with van der Waals surface area (Å²) in [6.07, 6.45) is 1.87. The maximum atomic E-state index is 13.4. The first-order chi connectivity index (χ1) is 8.83. The zero-order valence-electron chi connectivity index (χ0n) is 9.87. The van der Waals surface area contributed by atoms with Crippen molar-refractivity contribution >= 4 is 10.0 Å². The Morgan fingerprint density at radius 1 is 1.26 bits per heavy atom. The van der Waals surface area contributed by atoms with E-state index in [1.165, 1.54) is 0 Å². The number of nitrogens with two attached hydrogens (primary N) is 1. The van der Waals surface area contributed by atoms with Gasteiger partial charge < -0.3 is 5.73 Å². The Morgan fingerprint density at radius 2 is 1.89 bits per heavy atom. The molecule has 8 heteroatoms. The van der Waals surface area contributed by atoms with Crippen LogP contribution in [-0.4, -0.2) is 21.0 Å². The van der Waals surface area contributed by atoms with E-state index in [2.05, 4.69) is 4.72 Å². The van der Waals surface area contributed by atoms with E-state index in [9.17, 15) is 21.6 Å². The van der Waals surface area contributed by atoms with E-state index < -0.39 is 32.4 Å². The van der Waals surface area contributed by atoms with Gasteiger partial charge in [0.25, 0.3) is 0 Å². The highest BCUT2D eigenvalue weighted by Gasteiger charge is 2.30. The topological polar surface area (TPSA) is 72.2 Å². The molecule has 0 aromatic heterocycles. The highest BCUT2D eigenvalue weighted by Crippen LogP contribution is 2.31. The molecule has 1 unspecified atom stereocenters. The van der Waals surface area contributed by atoms with Gasteiger partial charge in [-0.3, -0.25) is 0 Å². The molecule has 1 saturated carbocycles. The van der Waals surface area contributed by atoms with Gasteiger partial charge in [0.2, 0.25) is 10.0 Å². The zero-order chi connectivity index (χ0) is 14.2. The summed E-state index contributed by atoms with van der Waals surface area (Å²) in [7, 11) is -4.24. The molecular weight excluding hydrogens is 281 g/mol. The van der Waals surface area contributed by atoms with Crippen molar-refractivity contribution < 1.29 is 21.6 Å². The molecule has 1 fully saturated rings. The molecule has 19 heavy (non-hydrogen) atoms. The Bertz CT molecular complexity index is 588. The molecule has 0 aliphatic heterocycles. The lowest BCUT2D eigenvalue weighted by Crippen LogP contribution is -2.38. The first-order valence-corrected chi connectivity index (χ1v) is 7.20. The van der Waals surface area contributed by atoms with Crippen LogP contribution in [0.1, 0.15) is 12.8 Å². The first-order valence-electron chi connectivity index (χ1n) is 5.71. The van der Waals surface area contributed by atoms with Crippen LogP contribution in [0.3, 0.4) is 0 Å². The Hall–Kier alpha value is -1.12. The number of nitrogens with one attached hydrogen (secondary N) is 1. The lowest BCUT2D eigenvalue weighted by Gasteiger charge is -2.12. The summed E-state index contributed by atoms with van der Waals surface area (Å²) in [6, 6.07) is 0.884. The van der Waals surface area contributed by atoms with Crippen molar-refractivity contribution in [3.05, 3.63) is 29.6 Å².